The molecular weight excluding hydrogens is 681 g/mol. The van der Waals surface area contributed by atoms with Crippen LogP contribution in [0.1, 0.15) is 70.9 Å². The number of rotatable bonds is 18. The number of nitrogens with zero attached hydrogens (tertiary/aromatic N) is 2. The van der Waals surface area contributed by atoms with E-state index < -0.39 is 62.4 Å². The van der Waals surface area contributed by atoms with Crippen LogP contribution in [0.4, 0.5) is 9.59 Å². The van der Waals surface area contributed by atoms with Gasteiger partial charge in [-0.25, -0.2) is 28.0 Å². The van der Waals surface area contributed by atoms with Gasteiger partial charge in [-0.1, -0.05) is 108 Å². The van der Waals surface area contributed by atoms with E-state index in [2.05, 4.69) is 4.76 Å². The summed E-state index contributed by atoms with van der Waals surface area (Å²) in [5.41, 5.74) is 8.20. The number of likely N-dealkylation sites (N-methyl/N-ethyl adjacent to an activating group) is 1. The monoisotopic (exact) mass is 733 g/mol. The number of carboxylic acid groups (broad SMARTS) is 1. The van der Waals surface area contributed by atoms with E-state index in [-0.39, 0.29) is 19.1 Å². The van der Waals surface area contributed by atoms with E-state index in [0.29, 0.717) is 25.7 Å². The lowest BCUT2D eigenvalue weighted by atomic mass is 9.83. The molecule has 0 aromatic heterocycles. The maximum atomic E-state index is 14.5. The first-order chi connectivity index (χ1) is 24.3. The van der Waals surface area contributed by atoms with Crippen molar-refractivity contribution in [3.05, 3.63) is 71.8 Å². The van der Waals surface area contributed by atoms with Gasteiger partial charge in [-0.3, -0.25) is 0 Å². The molecular formula is C36H52N3O11P. The topological polar surface area (TPSA) is 186 Å². The SMILES string of the molecule is CC(C)C(OC(=O)OCCc1ccccc1)OP(=O)(N=C(N)N(C)C(C(=O)O)C1CCCCC1)OC(OC(=O)OCCc1ccccc1)C(C)C. The Hall–Kier alpha value is -4.13. The predicted octanol–water partition coefficient (Wildman–Crippen LogP) is 7.16. The molecule has 1 saturated carbocycles. The second-order valence-corrected chi connectivity index (χ2v) is 14.6. The minimum absolute atomic E-state index is 0.00507. The molecule has 2 aromatic rings. The van der Waals surface area contributed by atoms with Gasteiger partial charge in [0.05, 0.1) is 13.2 Å². The zero-order valence-corrected chi connectivity index (χ0v) is 30.9. The van der Waals surface area contributed by atoms with Crippen LogP contribution in [0.25, 0.3) is 0 Å². The summed E-state index contributed by atoms with van der Waals surface area (Å²) >= 11 is 0. The highest BCUT2D eigenvalue weighted by Crippen LogP contribution is 2.54. The summed E-state index contributed by atoms with van der Waals surface area (Å²) in [5, 5.41) is 10.1. The zero-order chi connectivity index (χ0) is 37.4. The van der Waals surface area contributed by atoms with Gasteiger partial charge < -0.3 is 34.7 Å². The molecule has 0 radical (unpaired) electrons. The van der Waals surface area contributed by atoms with Gasteiger partial charge in [-0.2, -0.15) is 0 Å². The Bertz CT molecular complexity index is 1380. The third kappa shape index (κ3) is 14.2. The lowest BCUT2D eigenvalue weighted by Gasteiger charge is -2.35. The van der Waals surface area contributed by atoms with Crippen LogP contribution in [-0.2, 0) is 50.2 Å². The molecule has 3 rings (SSSR count). The van der Waals surface area contributed by atoms with Crippen molar-refractivity contribution in [3.63, 3.8) is 0 Å². The quantitative estimate of drug-likeness (QED) is 0.0517. The number of aliphatic carboxylic acids is 1. The van der Waals surface area contributed by atoms with Crippen LogP contribution in [-0.4, -0.2) is 73.1 Å². The first-order valence-corrected chi connectivity index (χ1v) is 18.8. The Kier molecular flexibility index (Phi) is 16.7. The molecule has 0 saturated heterocycles. The number of hydrogen-bond donors (Lipinski definition) is 2. The summed E-state index contributed by atoms with van der Waals surface area (Å²) < 4.78 is 51.4. The van der Waals surface area contributed by atoms with E-state index in [9.17, 15) is 24.1 Å². The van der Waals surface area contributed by atoms with Crippen LogP contribution >= 0.6 is 7.75 Å². The highest BCUT2D eigenvalue weighted by atomic mass is 31.2. The van der Waals surface area contributed by atoms with E-state index in [0.717, 1.165) is 30.4 Å². The van der Waals surface area contributed by atoms with Gasteiger partial charge >= 0.3 is 26.0 Å². The molecule has 3 atom stereocenters. The summed E-state index contributed by atoms with van der Waals surface area (Å²) in [6, 6.07) is 17.7. The second kappa shape index (κ2) is 20.7. The van der Waals surface area contributed by atoms with Crippen LogP contribution in [0.15, 0.2) is 65.4 Å². The average molecular weight is 734 g/mol. The Morgan fingerprint density at radius 2 is 1.24 bits per heavy atom. The van der Waals surface area contributed by atoms with Crippen LogP contribution in [0.5, 0.6) is 0 Å². The largest absolute Gasteiger partial charge is 0.510 e. The second-order valence-electron chi connectivity index (χ2n) is 13.1. The van der Waals surface area contributed by atoms with E-state index in [4.69, 9.17) is 33.7 Å². The average Bonchev–Trinajstić information content (AvgIpc) is 3.09. The standard InChI is InChI=1S/C36H52N3O11P/c1-25(2)32(47-35(42)45-23-21-27-15-9-6-10-16-27)49-51(44,38-34(37)39(5)30(31(40)41)29-19-13-8-14-20-29)50-33(26(3)4)48-36(43)46-24-22-28-17-11-7-12-18-28/h6-7,9-12,15-18,25-26,29-30,32-33H,8,13-14,19-24H2,1-5H3,(H,40,41)(H2,37,38,44). The predicted molar refractivity (Wildman–Crippen MR) is 190 cm³/mol. The van der Waals surface area contributed by atoms with Crippen LogP contribution in [0.2, 0.25) is 0 Å². The van der Waals surface area contributed by atoms with Gasteiger partial charge in [0, 0.05) is 31.7 Å². The van der Waals surface area contributed by atoms with Crippen molar-refractivity contribution in [2.24, 2.45) is 28.3 Å². The molecule has 1 fully saturated rings. The lowest BCUT2D eigenvalue weighted by molar-refractivity contribution is -0.144. The summed E-state index contributed by atoms with van der Waals surface area (Å²) in [7, 11) is -3.43. The van der Waals surface area contributed by atoms with Gasteiger partial charge in [-0.15, -0.1) is 4.76 Å². The van der Waals surface area contributed by atoms with Gasteiger partial charge in [0.1, 0.15) is 6.04 Å². The molecule has 51 heavy (non-hydrogen) atoms. The molecule has 0 bridgehead atoms. The molecule has 15 heteroatoms. The maximum absolute atomic E-state index is 14.5. The van der Waals surface area contributed by atoms with Crippen molar-refractivity contribution in [2.45, 2.75) is 91.3 Å². The molecule has 282 valence electrons. The first kappa shape index (κ1) is 41.3. The molecule has 2 aromatic carbocycles. The van der Waals surface area contributed by atoms with E-state index >= 15 is 0 Å². The summed E-state index contributed by atoms with van der Waals surface area (Å²) in [5.74, 6) is -3.02. The number of nitrogens with two attached hydrogens (primary N) is 1. The number of benzene rings is 2. The van der Waals surface area contributed by atoms with Crippen LogP contribution < -0.4 is 5.73 Å². The minimum Gasteiger partial charge on any atom is -0.480 e. The molecule has 3 N–H and O–H groups in total. The van der Waals surface area contributed by atoms with E-state index in [1.807, 2.05) is 60.7 Å². The number of hydrogen-bond acceptors (Lipinski definition) is 10. The molecule has 0 heterocycles. The van der Waals surface area contributed by atoms with Gasteiger partial charge in [-0.05, 0) is 29.9 Å². The summed E-state index contributed by atoms with van der Waals surface area (Å²) in [6.07, 6.45) is -0.293. The minimum atomic E-state index is -4.86. The van der Waals surface area contributed by atoms with Crippen molar-refractivity contribution in [2.75, 3.05) is 20.3 Å². The fourth-order valence-electron chi connectivity index (χ4n) is 5.42. The Morgan fingerprint density at radius 3 is 1.63 bits per heavy atom. The van der Waals surface area contributed by atoms with E-state index in [1.54, 1.807) is 27.7 Å². The summed E-state index contributed by atoms with van der Waals surface area (Å²) in [6.45, 7) is 6.55. The van der Waals surface area contributed by atoms with Crippen molar-refractivity contribution < 1.29 is 52.1 Å². The third-order valence-corrected chi connectivity index (χ3v) is 9.65. The van der Waals surface area contributed by atoms with Gasteiger partial charge in [0.2, 0.25) is 18.5 Å². The fraction of sp³-hybridized carbons (Fsp3) is 0.556. The molecule has 0 spiro atoms. The molecule has 1 aliphatic carbocycles. The third-order valence-electron chi connectivity index (χ3n) is 8.25. The number of guanidine groups is 1. The number of ether oxygens (including phenoxy) is 4. The molecule has 1 aliphatic rings. The maximum Gasteiger partial charge on any atom is 0.510 e. The van der Waals surface area contributed by atoms with Crippen molar-refractivity contribution >= 4 is 32.0 Å². The molecule has 0 aliphatic heterocycles. The number of carbonyl (C=O) groups is 3. The molecule has 3 unspecified atom stereocenters. The van der Waals surface area contributed by atoms with Crippen LogP contribution in [0, 0.1) is 17.8 Å². The Labute approximate surface area is 300 Å². The number of carbonyl (C=O) groups excluding carboxylic acids is 2. The highest BCUT2D eigenvalue weighted by molar-refractivity contribution is 7.52. The molecule has 14 nitrogen and oxygen atoms in total. The zero-order valence-electron chi connectivity index (χ0n) is 30.1. The first-order valence-electron chi connectivity index (χ1n) is 17.3. The number of carboxylic acids is 1. The lowest BCUT2D eigenvalue weighted by Crippen LogP contribution is -2.50. The molecule has 0 amide bonds. The van der Waals surface area contributed by atoms with Crippen molar-refractivity contribution in [1.29, 1.82) is 0 Å². The van der Waals surface area contributed by atoms with Crippen molar-refractivity contribution in [1.82, 2.24) is 4.90 Å². The summed E-state index contributed by atoms with van der Waals surface area (Å²) in [4.78, 5) is 39.0. The smallest absolute Gasteiger partial charge is 0.480 e. The fourth-order valence-corrected chi connectivity index (χ4v) is 7.05. The highest BCUT2D eigenvalue weighted by Gasteiger charge is 2.41. The Morgan fingerprint density at radius 1 is 0.804 bits per heavy atom. The Balaban J connectivity index is 1.82. The normalized spacial score (nSPS) is 16.8. The van der Waals surface area contributed by atoms with Crippen molar-refractivity contribution in [3.8, 4) is 0 Å². The van der Waals surface area contributed by atoms with E-state index in [1.165, 1.54) is 11.9 Å². The van der Waals surface area contributed by atoms with Crippen LogP contribution in [0.3, 0.4) is 0 Å². The van der Waals surface area contributed by atoms with Gasteiger partial charge in [0.25, 0.3) is 0 Å². The van der Waals surface area contributed by atoms with Gasteiger partial charge in [0.15, 0.2) is 0 Å².